The molecule has 0 atom stereocenters. The van der Waals surface area contributed by atoms with Gasteiger partial charge in [0.2, 0.25) is 5.78 Å². The van der Waals surface area contributed by atoms with Crippen molar-refractivity contribution >= 4 is 20.6 Å². The van der Waals surface area contributed by atoms with Crippen LogP contribution in [0.1, 0.15) is 12.8 Å². The van der Waals surface area contributed by atoms with Crippen molar-refractivity contribution < 1.29 is 27.6 Å². The van der Waals surface area contributed by atoms with Crippen molar-refractivity contribution in [1.29, 1.82) is 5.26 Å². The van der Waals surface area contributed by atoms with E-state index < -0.39 is 20.6 Å². The van der Waals surface area contributed by atoms with Crippen LogP contribution in [0.2, 0.25) is 6.04 Å². The largest absolute Gasteiger partial charge is 0.508 e. The second-order valence-electron chi connectivity index (χ2n) is 3.29. The first-order valence-electron chi connectivity index (χ1n) is 5.27. The van der Waals surface area contributed by atoms with Crippen LogP contribution >= 0.6 is 0 Å². The van der Waals surface area contributed by atoms with Gasteiger partial charge in [-0.05, 0) is 6.42 Å². The van der Waals surface area contributed by atoms with Crippen LogP contribution in [0.5, 0.6) is 0 Å². The van der Waals surface area contributed by atoms with Gasteiger partial charge in [0.1, 0.15) is 0 Å². The third kappa shape index (κ3) is 5.37. The third-order valence-electron chi connectivity index (χ3n) is 2.20. The molecule has 0 heterocycles. The lowest BCUT2D eigenvalue weighted by molar-refractivity contribution is -0.153. The highest BCUT2D eigenvalue weighted by molar-refractivity contribution is 6.67. The van der Waals surface area contributed by atoms with Gasteiger partial charge in [0.25, 0.3) is 0 Å². The van der Waals surface area contributed by atoms with Crippen LogP contribution < -0.4 is 0 Å². The summed E-state index contributed by atoms with van der Waals surface area (Å²) in [4.78, 5) is 22.9. The highest BCUT2D eigenvalue weighted by Gasteiger charge is 2.42. The number of ether oxygens (including phenoxy) is 1. The number of hydrogen-bond donors (Lipinski definition) is 0. The van der Waals surface area contributed by atoms with Gasteiger partial charge in [0.15, 0.2) is 0 Å². The Hall–Kier alpha value is -1.27. The first-order chi connectivity index (χ1) is 8.55. The van der Waals surface area contributed by atoms with Crippen LogP contribution in [0.25, 0.3) is 0 Å². The summed E-state index contributed by atoms with van der Waals surface area (Å²) in [6.45, 7) is 0.0413. The molecule has 0 radical (unpaired) electrons. The molecule has 0 aliphatic heterocycles. The Labute approximate surface area is 107 Å². The standard InChI is InChI=1S/C10H17NO6Si/c1-14-18(15-2,16-3)8-9(12)10(13)17-7-5-4-6-11/h4-5,7-8H2,1-3H3. The highest BCUT2D eigenvalue weighted by atomic mass is 28.4. The Morgan fingerprint density at radius 2 is 1.72 bits per heavy atom. The molecule has 0 aliphatic rings. The van der Waals surface area contributed by atoms with Gasteiger partial charge < -0.3 is 18.0 Å². The summed E-state index contributed by atoms with van der Waals surface area (Å²) in [5.41, 5.74) is 0. The van der Waals surface area contributed by atoms with Gasteiger partial charge in [0, 0.05) is 27.8 Å². The van der Waals surface area contributed by atoms with Gasteiger partial charge >= 0.3 is 14.8 Å². The third-order valence-corrected chi connectivity index (χ3v) is 4.82. The number of nitrogens with zero attached hydrogens (tertiary/aromatic N) is 1. The number of nitriles is 1. The molecule has 0 bridgehead atoms. The summed E-state index contributed by atoms with van der Waals surface area (Å²) >= 11 is 0. The van der Waals surface area contributed by atoms with E-state index in [9.17, 15) is 9.59 Å². The fourth-order valence-electron chi connectivity index (χ4n) is 1.13. The molecule has 7 nitrogen and oxygen atoms in total. The number of carbonyl (C=O) groups is 2. The summed E-state index contributed by atoms with van der Waals surface area (Å²) in [5.74, 6) is -1.72. The molecule has 0 aromatic rings. The van der Waals surface area contributed by atoms with Crippen LogP contribution in [0.4, 0.5) is 0 Å². The quantitative estimate of drug-likeness (QED) is 0.258. The number of hydrogen-bond acceptors (Lipinski definition) is 7. The summed E-state index contributed by atoms with van der Waals surface area (Å²) in [6.07, 6.45) is 0.672. The molecule has 102 valence electrons. The van der Waals surface area contributed by atoms with E-state index in [1.54, 1.807) is 0 Å². The number of esters is 1. The maximum atomic E-state index is 11.6. The van der Waals surface area contributed by atoms with Crippen LogP contribution in [0, 0.1) is 11.3 Å². The number of rotatable bonds is 9. The zero-order valence-corrected chi connectivity index (χ0v) is 11.7. The number of Topliss-reactive ketones (excluding diaryl/α,β-unsaturated/α-hetero) is 1. The van der Waals surface area contributed by atoms with Gasteiger partial charge in [-0.15, -0.1) is 0 Å². The minimum atomic E-state index is -3.10. The normalized spacial score (nSPS) is 10.8. The number of unbranched alkanes of at least 4 members (excludes halogenated alkanes) is 1. The Balaban J connectivity index is 4.22. The summed E-state index contributed by atoms with van der Waals surface area (Å²) in [5, 5.41) is 8.29. The van der Waals surface area contributed by atoms with E-state index in [-0.39, 0.29) is 19.1 Å². The molecule has 0 saturated carbocycles. The zero-order chi connectivity index (χ0) is 14.0. The fraction of sp³-hybridized carbons (Fsp3) is 0.700. The Morgan fingerprint density at radius 3 is 2.17 bits per heavy atom. The molecule has 0 fully saturated rings. The molecule has 0 aliphatic carbocycles. The molecule has 0 spiro atoms. The van der Waals surface area contributed by atoms with E-state index in [4.69, 9.17) is 23.3 Å². The molecule has 0 aromatic carbocycles. The lowest BCUT2D eigenvalue weighted by atomic mass is 10.3. The van der Waals surface area contributed by atoms with Crippen molar-refractivity contribution in [1.82, 2.24) is 0 Å². The lowest BCUT2D eigenvalue weighted by Gasteiger charge is -2.22. The summed E-state index contributed by atoms with van der Waals surface area (Å²) in [6, 6.07) is 1.64. The fourth-order valence-corrected chi connectivity index (χ4v) is 2.60. The molecule has 8 heteroatoms. The highest BCUT2D eigenvalue weighted by Crippen LogP contribution is 2.13. The van der Waals surface area contributed by atoms with Crippen LogP contribution in [-0.2, 0) is 27.6 Å². The van der Waals surface area contributed by atoms with E-state index >= 15 is 0 Å². The minimum Gasteiger partial charge on any atom is -0.460 e. The topological polar surface area (TPSA) is 94.9 Å². The van der Waals surface area contributed by atoms with Crippen molar-refractivity contribution in [2.24, 2.45) is 0 Å². The molecule has 0 unspecified atom stereocenters. The predicted molar refractivity (Wildman–Crippen MR) is 62.4 cm³/mol. The van der Waals surface area contributed by atoms with E-state index in [1.807, 2.05) is 6.07 Å². The predicted octanol–water partition coefficient (Wildman–Crippen LogP) is 0.281. The van der Waals surface area contributed by atoms with Crippen LogP contribution in [0.15, 0.2) is 0 Å². The molecule has 0 N–H and O–H groups in total. The SMILES string of the molecule is CO[Si](CC(=O)C(=O)OCCCC#N)(OC)OC. The Bertz CT molecular complexity index is 315. The monoisotopic (exact) mass is 275 g/mol. The van der Waals surface area contributed by atoms with E-state index in [2.05, 4.69) is 0 Å². The smallest absolute Gasteiger partial charge is 0.460 e. The first kappa shape index (κ1) is 16.7. The summed E-state index contributed by atoms with van der Waals surface area (Å²) in [7, 11) is 0.955. The van der Waals surface area contributed by atoms with Gasteiger partial charge in [0.05, 0.1) is 18.7 Å². The summed E-state index contributed by atoms with van der Waals surface area (Å²) < 4.78 is 19.8. The second-order valence-corrected chi connectivity index (χ2v) is 6.24. The average Bonchev–Trinajstić information content (AvgIpc) is 2.40. The average molecular weight is 275 g/mol. The van der Waals surface area contributed by atoms with Crippen molar-refractivity contribution in [2.45, 2.75) is 18.9 Å². The Kier molecular flexibility index (Phi) is 8.14. The Morgan fingerprint density at radius 1 is 1.17 bits per heavy atom. The maximum Gasteiger partial charge on any atom is 0.508 e. The van der Waals surface area contributed by atoms with Gasteiger partial charge in [-0.25, -0.2) is 4.79 Å². The minimum absolute atomic E-state index is 0.0413. The lowest BCUT2D eigenvalue weighted by Crippen LogP contribution is -2.46. The molecule has 0 saturated heterocycles. The molecule has 0 amide bonds. The van der Waals surface area contributed by atoms with E-state index in [1.165, 1.54) is 21.3 Å². The maximum absolute atomic E-state index is 11.6. The van der Waals surface area contributed by atoms with Crippen LogP contribution in [-0.4, -0.2) is 48.5 Å². The molecule has 0 aromatic heterocycles. The van der Waals surface area contributed by atoms with E-state index in [0.29, 0.717) is 6.42 Å². The molecular weight excluding hydrogens is 258 g/mol. The van der Waals surface area contributed by atoms with Gasteiger partial charge in [-0.2, -0.15) is 5.26 Å². The van der Waals surface area contributed by atoms with Crippen molar-refractivity contribution in [3.63, 3.8) is 0 Å². The van der Waals surface area contributed by atoms with E-state index in [0.717, 1.165) is 0 Å². The first-order valence-corrected chi connectivity index (χ1v) is 7.20. The van der Waals surface area contributed by atoms with Crippen molar-refractivity contribution in [3.05, 3.63) is 0 Å². The van der Waals surface area contributed by atoms with Crippen molar-refractivity contribution in [2.75, 3.05) is 27.9 Å². The molecule has 18 heavy (non-hydrogen) atoms. The second kappa shape index (κ2) is 8.76. The van der Waals surface area contributed by atoms with Crippen LogP contribution in [0.3, 0.4) is 0 Å². The zero-order valence-electron chi connectivity index (χ0n) is 10.7. The van der Waals surface area contributed by atoms with Crippen molar-refractivity contribution in [3.8, 4) is 6.07 Å². The number of ketones is 1. The number of carbonyl (C=O) groups excluding carboxylic acids is 2. The molecular formula is C10H17NO6Si. The van der Waals surface area contributed by atoms with Gasteiger partial charge in [-0.3, -0.25) is 4.79 Å². The molecule has 0 rings (SSSR count). The van der Waals surface area contributed by atoms with Gasteiger partial charge in [-0.1, -0.05) is 0 Å².